The maximum atomic E-state index is 13.4. The molecule has 31 heavy (non-hydrogen) atoms. The minimum absolute atomic E-state index is 0.254. The lowest BCUT2D eigenvalue weighted by molar-refractivity contribution is -0.134. The average molecular weight is 436 g/mol. The van der Waals surface area contributed by atoms with Crippen LogP contribution in [0, 0.1) is 0 Å². The van der Waals surface area contributed by atoms with E-state index in [4.69, 9.17) is 0 Å². The minimum atomic E-state index is -1.02. The van der Waals surface area contributed by atoms with E-state index < -0.39 is 11.6 Å². The van der Waals surface area contributed by atoms with Crippen LogP contribution < -0.4 is 10.2 Å². The number of carbonyl (C=O) groups is 3. The van der Waals surface area contributed by atoms with E-state index in [2.05, 4.69) is 25.2 Å². The molecule has 2 aromatic rings. The van der Waals surface area contributed by atoms with Crippen molar-refractivity contribution in [3.8, 4) is 0 Å². The maximum absolute atomic E-state index is 13.4. The second kappa shape index (κ2) is 6.79. The number of rotatable bonds is 3. The molecule has 160 valence electrons. The van der Waals surface area contributed by atoms with E-state index in [-0.39, 0.29) is 23.7 Å². The number of hydrogen-bond acceptors (Lipinski definition) is 5. The van der Waals surface area contributed by atoms with Gasteiger partial charge in [-0.3, -0.25) is 14.5 Å². The van der Waals surface area contributed by atoms with Crippen LogP contribution in [0.5, 0.6) is 0 Å². The van der Waals surface area contributed by atoms with Gasteiger partial charge < -0.3 is 10.2 Å². The van der Waals surface area contributed by atoms with Crippen molar-refractivity contribution in [1.82, 2.24) is 10.2 Å². The molecule has 0 bridgehead atoms. The lowest BCUT2D eigenvalue weighted by atomic mass is 9.80. The van der Waals surface area contributed by atoms with E-state index in [1.54, 1.807) is 17.4 Å². The van der Waals surface area contributed by atoms with Gasteiger partial charge in [-0.05, 0) is 42.3 Å². The highest BCUT2D eigenvalue weighted by molar-refractivity contribution is 7.10. The van der Waals surface area contributed by atoms with Crippen LogP contribution in [0.25, 0.3) is 0 Å². The number of likely N-dealkylation sites (N-methyl/N-ethyl adjacent to an activating group) is 1. The minimum Gasteiger partial charge on any atom is -0.347 e. The quantitative estimate of drug-likeness (QED) is 0.589. The van der Waals surface area contributed by atoms with Gasteiger partial charge >= 0.3 is 6.03 Å². The molecule has 5 rings (SSSR count). The summed E-state index contributed by atoms with van der Waals surface area (Å²) in [4.78, 5) is 43.4. The summed E-state index contributed by atoms with van der Waals surface area (Å²) in [6.07, 6.45) is 3.91. The second-order valence-corrected chi connectivity index (χ2v) is 10.0. The van der Waals surface area contributed by atoms with Crippen LogP contribution in [0.15, 0.2) is 47.5 Å². The number of nitrogens with zero attached hydrogens (tertiary/aromatic N) is 2. The van der Waals surface area contributed by atoms with Gasteiger partial charge in [-0.25, -0.2) is 4.79 Å². The third kappa shape index (κ3) is 2.79. The first-order chi connectivity index (χ1) is 14.8. The van der Waals surface area contributed by atoms with E-state index in [1.165, 1.54) is 0 Å². The molecule has 2 aliphatic heterocycles. The van der Waals surface area contributed by atoms with Crippen molar-refractivity contribution in [3.63, 3.8) is 0 Å². The molecule has 1 spiro atoms. The molecule has 1 aromatic carbocycles. The zero-order chi connectivity index (χ0) is 22.0. The molecule has 0 saturated carbocycles. The summed E-state index contributed by atoms with van der Waals surface area (Å²) < 4.78 is 0. The number of amides is 3. The number of fused-ring (bicyclic) bond motifs is 3. The summed E-state index contributed by atoms with van der Waals surface area (Å²) in [5.74, 6) is -0.574. The van der Waals surface area contributed by atoms with E-state index in [0.29, 0.717) is 6.42 Å². The van der Waals surface area contributed by atoms with Crippen molar-refractivity contribution in [2.45, 2.75) is 44.1 Å². The fourth-order valence-corrected chi connectivity index (χ4v) is 6.30. The zero-order valence-corrected chi connectivity index (χ0v) is 18.7. The average Bonchev–Trinajstić information content (AvgIpc) is 3.37. The van der Waals surface area contributed by atoms with Crippen LogP contribution in [0.2, 0.25) is 0 Å². The van der Waals surface area contributed by atoms with Crippen molar-refractivity contribution >= 4 is 34.7 Å². The van der Waals surface area contributed by atoms with Crippen LogP contribution in [0.3, 0.4) is 0 Å². The Labute approximate surface area is 185 Å². The summed E-state index contributed by atoms with van der Waals surface area (Å²) in [5.41, 5.74) is 2.61. The predicted octanol–water partition coefficient (Wildman–Crippen LogP) is 3.71. The van der Waals surface area contributed by atoms with Crippen molar-refractivity contribution < 1.29 is 14.4 Å². The first kappa shape index (κ1) is 20.0. The number of carbonyl (C=O) groups excluding carboxylic acids is 3. The fourth-order valence-electron chi connectivity index (χ4n) is 5.30. The Morgan fingerprint density at radius 3 is 2.74 bits per heavy atom. The molecule has 3 amide bonds. The Bertz CT molecular complexity index is 1150. The smallest absolute Gasteiger partial charge is 0.325 e. The Morgan fingerprint density at radius 2 is 1.97 bits per heavy atom. The van der Waals surface area contributed by atoms with E-state index >= 15 is 0 Å². The molecule has 3 aliphatic rings. The summed E-state index contributed by atoms with van der Waals surface area (Å²) in [7, 11) is 1.94. The lowest BCUT2D eigenvalue weighted by Gasteiger charge is -2.31. The number of allylic oxidation sites excluding steroid dienone is 1. The first-order valence-corrected chi connectivity index (χ1v) is 11.4. The van der Waals surface area contributed by atoms with Crippen LogP contribution >= 0.6 is 11.3 Å². The van der Waals surface area contributed by atoms with Gasteiger partial charge in [0.25, 0.3) is 5.91 Å². The number of para-hydroxylation sites is 1. The second-order valence-electron chi connectivity index (χ2n) is 9.03. The third-order valence-corrected chi connectivity index (χ3v) is 7.87. The molecular formula is C24H25N3O3S. The molecule has 1 atom stereocenters. The highest BCUT2D eigenvalue weighted by Crippen LogP contribution is 2.46. The summed E-state index contributed by atoms with van der Waals surface area (Å²) in [6.45, 7) is 3.91. The normalized spacial score (nSPS) is 25.2. The highest BCUT2D eigenvalue weighted by atomic mass is 32.1. The molecule has 0 radical (unpaired) electrons. The molecule has 1 saturated heterocycles. The number of thiophene rings is 1. The van der Waals surface area contributed by atoms with Crippen molar-refractivity contribution in [1.29, 1.82) is 0 Å². The lowest BCUT2D eigenvalue weighted by Crippen LogP contribution is -2.46. The number of urea groups is 1. The Hall–Kier alpha value is -2.93. The summed E-state index contributed by atoms with van der Waals surface area (Å²) >= 11 is 1.62. The number of ketones is 1. The van der Waals surface area contributed by atoms with Gasteiger partial charge in [0.15, 0.2) is 5.78 Å². The van der Waals surface area contributed by atoms with E-state index in [1.807, 2.05) is 41.6 Å². The van der Waals surface area contributed by atoms with Crippen molar-refractivity contribution in [2.75, 3.05) is 18.5 Å². The largest absolute Gasteiger partial charge is 0.347 e. The van der Waals surface area contributed by atoms with Crippen LogP contribution in [0.4, 0.5) is 10.5 Å². The molecule has 1 aromatic heterocycles. The molecule has 6 nitrogen and oxygen atoms in total. The highest BCUT2D eigenvalue weighted by Gasteiger charge is 2.54. The SMILES string of the molecule is CN1/C(=C\C(=O)CN2C(=O)N[C@]3(CCCc4sccc43)C2=O)C(C)(C)c2ccccc21. The zero-order valence-electron chi connectivity index (χ0n) is 17.9. The molecule has 1 fully saturated rings. The summed E-state index contributed by atoms with van der Waals surface area (Å²) in [6, 6.07) is 9.52. The number of benzene rings is 1. The van der Waals surface area contributed by atoms with Gasteiger partial charge in [0.2, 0.25) is 0 Å². The molecule has 7 heteroatoms. The maximum Gasteiger partial charge on any atom is 0.325 e. The van der Waals surface area contributed by atoms with Gasteiger partial charge in [-0.1, -0.05) is 32.0 Å². The number of imide groups is 1. The monoisotopic (exact) mass is 435 g/mol. The van der Waals surface area contributed by atoms with E-state index in [9.17, 15) is 14.4 Å². The van der Waals surface area contributed by atoms with Gasteiger partial charge in [0.05, 0.1) is 6.54 Å². The standard InChI is InChI=1S/C24H25N3O3S/c1-23(2)16-7-4-5-8-18(16)26(3)20(23)13-15(28)14-27-21(29)24(25-22(27)30)11-6-9-19-17(24)10-12-31-19/h4-5,7-8,10,12-13H,6,9,11,14H2,1-3H3,(H,25,30)/b20-13-/t24-/m0/s1. The van der Waals surface area contributed by atoms with Gasteiger partial charge in [0.1, 0.15) is 5.54 Å². The van der Waals surface area contributed by atoms with Gasteiger partial charge in [-0.15, -0.1) is 11.3 Å². The number of nitrogens with one attached hydrogen (secondary N) is 1. The third-order valence-electron chi connectivity index (χ3n) is 6.89. The van der Waals surface area contributed by atoms with Crippen LogP contribution in [0.1, 0.15) is 42.7 Å². The molecular weight excluding hydrogens is 410 g/mol. The Kier molecular flexibility index (Phi) is 4.38. The molecule has 1 aliphatic carbocycles. The Balaban J connectivity index is 1.41. The number of aryl methyl sites for hydroxylation is 1. The first-order valence-electron chi connectivity index (χ1n) is 10.5. The Morgan fingerprint density at radius 1 is 1.19 bits per heavy atom. The molecule has 0 unspecified atom stereocenters. The van der Waals surface area contributed by atoms with Crippen LogP contribution in [-0.4, -0.2) is 36.2 Å². The topological polar surface area (TPSA) is 69.7 Å². The van der Waals surface area contributed by atoms with Crippen LogP contribution in [-0.2, 0) is 27.0 Å². The molecule has 1 N–H and O–H groups in total. The van der Waals surface area contributed by atoms with Crippen molar-refractivity contribution in [2.24, 2.45) is 0 Å². The van der Waals surface area contributed by atoms with Gasteiger partial charge in [0, 0.05) is 40.4 Å². The molecule has 3 heterocycles. The van der Waals surface area contributed by atoms with E-state index in [0.717, 1.165) is 45.1 Å². The van der Waals surface area contributed by atoms with Crippen molar-refractivity contribution in [3.05, 3.63) is 63.5 Å². The number of hydrogen-bond donors (Lipinski definition) is 1. The summed E-state index contributed by atoms with van der Waals surface area (Å²) in [5, 5.41) is 4.87. The predicted molar refractivity (Wildman–Crippen MR) is 120 cm³/mol. The number of anilines is 1. The van der Waals surface area contributed by atoms with Gasteiger partial charge in [-0.2, -0.15) is 0 Å². The fraction of sp³-hybridized carbons (Fsp3) is 0.375.